The molecule has 112 valence electrons. The van der Waals surface area contributed by atoms with E-state index >= 15 is 0 Å². The topological polar surface area (TPSA) is 38.8 Å². The molecule has 1 aromatic carbocycles. The molecule has 0 unspecified atom stereocenters. The van der Waals surface area contributed by atoms with Crippen LogP contribution in [0, 0.1) is 0 Å². The largest absolute Gasteiger partial charge is 0.464 e. The number of nitrogens with zero attached hydrogens (tertiary/aromatic N) is 1. The van der Waals surface area contributed by atoms with Crippen molar-refractivity contribution in [3.8, 4) is 0 Å². The van der Waals surface area contributed by atoms with Crippen molar-refractivity contribution in [2.24, 2.45) is 0 Å². The summed E-state index contributed by atoms with van der Waals surface area (Å²) in [5.41, 5.74) is 1.93. The fourth-order valence-electron chi connectivity index (χ4n) is 1.77. The zero-order chi connectivity index (χ0) is 15.3. The first kappa shape index (κ1) is 16.7. The maximum absolute atomic E-state index is 12.1. The first-order valence-corrected chi connectivity index (χ1v) is 10.3. The average molecular weight is 295 g/mol. The quantitative estimate of drug-likeness (QED) is 0.597. The summed E-state index contributed by atoms with van der Waals surface area (Å²) < 4.78 is 11.1. The third kappa shape index (κ3) is 4.98. The van der Waals surface area contributed by atoms with E-state index in [1.54, 1.807) is 6.92 Å². The smallest absolute Gasteiger partial charge is 0.338 e. The van der Waals surface area contributed by atoms with E-state index in [0.717, 1.165) is 11.3 Å². The zero-order valence-corrected chi connectivity index (χ0v) is 14.3. The number of hydrogen-bond acceptors (Lipinski definition) is 4. The lowest BCUT2D eigenvalue weighted by Crippen LogP contribution is -2.32. The summed E-state index contributed by atoms with van der Waals surface area (Å²) in [6, 6.07) is 7.82. The van der Waals surface area contributed by atoms with Crippen LogP contribution in [-0.4, -0.2) is 35.0 Å². The summed E-state index contributed by atoms with van der Waals surface area (Å²) in [7, 11) is 2.12. The van der Waals surface area contributed by atoms with Crippen molar-refractivity contribution in [2.75, 3.05) is 25.6 Å². The molecule has 0 radical (unpaired) electrons. The molecule has 1 atom stereocenters. The molecule has 0 saturated carbocycles. The van der Waals surface area contributed by atoms with Crippen LogP contribution in [0.25, 0.3) is 0 Å². The second kappa shape index (κ2) is 6.90. The number of esters is 1. The van der Waals surface area contributed by atoms with Crippen LogP contribution in [0.2, 0.25) is 19.6 Å². The summed E-state index contributed by atoms with van der Waals surface area (Å²) in [5, 5.41) is 0. The van der Waals surface area contributed by atoms with Crippen LogP contribution in [0.5, 0.6) is 0 Å². The summed E-state index contributed by atoms with van der Waals surface area (Å²) in [6.45, 7) is 8.35. The van der Waals surface area contributed by atoms with Gasteiger partial charge in [0.2, 0.25) is 0 Å². The predicted molar refractivity (Wildman–Crippen MR) is 84.6 cm³/mol. The van der Waals surface area contributed by atoms with Gasteiger partial charge in [0.15, 0.2) is 14.4 Å². The molecule has 20 heavy (non-hydrogen) atoms. The van der Waals surface area contributed by atoms with Gasteiger partial charge >= 0.3 is 5.97 Å². The van der Waals surface area contributed by atoms with Crippen LogP contribution in [0.4, 0.5) is 5.69 Å². The van der Waals surface area contributed by atoms with Gasteiger partial charge in [-0.3, -0.25) is 0 Å². The molecule has 0 aliphatic heterocycles. The number of carbonyl (C=O) groups excluding carboxylic acids is 1. The van der Waals surface area contributed by atoms with Gasteiger partial charge in [0.25, 0.3) is 0 Å². The average Bonchev–Trinajstić information content (AvgIpc) is 2.35. The van der Waals surface area contributed by atoms with Crippen molar-refractivity contribution in [3.63, 3.8) is 0 Å². The number of carbonyl (C=O) groups is 1. The number of benzene rings is 1. The van der Waals surface area contributed by atoms with Crippen LogP contribution in [0.1, 0.15) is 18.6 Å². The predicted octanol–water partition coefficient (Wildman–Crippen LogP) is 3.21. The van der Waals surface area contributed by atoms with E-state index in [2.05, 4.69) is 19.6 Å². The van der Waals surface area contributed by atoms with Gasteiger partial charge in [-0.05, 0) is 44.3 Å². The summed E-state index contributed by atoms with van der Waals surface area (Å²) in [4.78, 5) is 14.1. The lowest BCUT2D eigenvalue weighted by molar-refractivity contribution is -0.152. The second-order valence-electron chi connectivity index (χ2n) is 5.85. The highest BCUT2D eigenvalue weighted by Gasteiger charge is 2.29. The molecule has 0 heterocycles. The van der Waals surface area contributed by atoms with Crippen LogP contribution in [-0.2, 0) is 14.0 Å². The number of anilines is 1. The first-order valence-electron chi connectivity index (χ1n) is 6.86. The molecule has 4 nitrogen and oxygen atoms in total. The van der Waals surface area contributed by atoms with Gasteiger partial charge in [-0.2, -0.15) is 0 Å². The van der Waals surface area contributed by atoms with Gasteiger partial charge in [-0.1, -0.05) is 12.1 Å². The minimum absolute atomic E-state index is 0.312. The monoisotopic (exact) mass is 295 g/mol. The van der Waals surface area contributed by atoms with Gasteiger partial charge in [-0.15, -0.1) is 0 Å². The van der Waals surface area contributed by atoms with Gasteiger partial charge < -0.3 is 14.1 Å². The summed E-state index contributed by atoms with van der Waals surface area (Å²) in [6.07, 6.45) is -0.627. The molecule has 0 amide bonds. The third-order valence-corrected chi connectivity index (χ3v) is 3.63. The van der Waals surface area contributed by atoms with E-state index in [9.17, 15) is 4.79 Å². The fraction of sp³-hybridized carbons (Fsp3) is 0.533. The minimum atomic E-state index is -1.84. The Bertz CT molecular complexity index is 437. The SMILES string of the molecule is CCOC(=O)[C@H](O[Si](C)(C)C)c1ccc(N(C)C)cc1. The summed E-state index contributed by atoms with van der Waals surface area (Å²) in [5.74, 6) is -0.312. The Morgan fingerprint density at radius 2 is 1.75 bits per heavy atom. The fourth-order valence-corrected chi connectivity index (χ4v) is 2.71. The van der Waals surface area contributed by atoms with Crippen molar-refractivity contribution in [1.82, 2.24) is 0 Å². The molecule has 1 rings (SSSR count). The van der Waals surface area contributed by atoms with Gasteiger partial charge in [0.05, 0.1) is 6.61 Å². The molecule has 0 saturated heterocycles. The van der Waals surface area contributed by atoms with Crippen LogP contribution in [0.15, 0.2) is 24.3 Å². The van der Waals surface area contributed by atoms with Crippen LogP contribution >= 0.6 is 0 Å². The molecule has 0 bridgehead atoms. The Kier molecular flexibility index (Phi) is 5.77. The Morgan fingerprint density at radius 1 is 1.20 bits per heavy atom. The highest BCUT2D eigenvalue weighted by Crippen LogP contribution is 2.25. The molecule has 0 aliphatic carbocycles. The van der Waals surface area contributed by atoms with Crippen LogP contribution in [0.3, 0.4) is 0 Å². The number of hydrogen-bond donors (Lipinski definition) is 0. The molecule has 0 N–H and O–H groups in total. The molecular weight excluding hydrogens is 270 g/mol. The Labute approximate surface area is 122 Å². The molecule has 0 spiro atoms. The van der Waals surface area contributed by atoms with E-state index in [4.69, 9.17) is 9.16 Å². The highest BCUT2D eigenvalue weighted by atomic mass is 28.4. The van der Waals surface area contributed by atoms with Crippen molar-refractivity contribution in [2.45, 2.75) is 32.7 Å². The molecule has 0 fully saturated rings. The molecular formula is C15H25NO3Si. The molecule has 0 aromatic heterocycles. The van der Waals surface area contributed by atoms with E-state index < -0.39 is 14.4 Å². The second-order valence-corrected chi connectivity index (χ2v) is 10.3. The molecule has 0 aliphatic rings. The van der Waals surface area contributed by atoms with Gasteiger partial charge in [-0.25, -0.2) is 4.79 Å². The maximum Gasteiger partial charge on any atom is 0.338 e. The van der Waals surface area contributed by atoms with Crippen molar-refractivity contribution < 1.29 is 14.0 Å². The number of rotatable bonds is 6. The lowest BCUT2D eigenvalue weighted by Gasteiger charge is -2.25. The first-order chi connectivity index (χ1) is 9.24. The van der Waals surface area contributed by atoms with Crippen molar-refractivity contribution >= 4 is 20.0 Å². The molecule has 5 heteroatoms. The zero-order valence-electron chi connectivity index (χ0n) is 13.3. The van der Waals surface area contributed by atoms with E-state index in [1.165, 1.54) is 0 Å². The van der Waals surface area contributed by atoms with E-state index in [-0.39, 0.29) is 5.97 Å². The maximum atomic E-state index is 12.1. The van der Waals surface area contributed by atoms with Crippen molar-refractivity contribution in [1.29, 1.82) is 0 Å². The third-order valence-electron chi connectivity index (χ3n) is 2.68. The molecule has 1 aromatic rings. The normalized spacial score (nSPS) is 12.9. The standard InChI is InChI=1S/C15H25NO3Si/c1-7-18-15(17)14(19-20(4,5)6)12-8-10-13(11-9-12)16(2)3/h8-11,14H,7H2,1-6H3/t14-/m1/s1. The van der Waals surface area contributed by atoms with E-state index in [0.29, 0.717) is 6.61 Å². The Hall–Kier alpha value is -1.33. The van der Waals surface area contributed by atoms with E-state index in [1.807, 2.05) is 43.3 Å². The minimum Gasteiger partial charge on any atom is -0.464 e. The van der Waals surface area contributed by atoms with Crippen LogP contribution < -0.4 is 4.90 Å². The highest BCUT2D eigenvalue weighted by molar-refractivity contribution is 6.69. The van der Waals surface area contributed by atoms with Gasteiger partial charge in [0, 0.05) is 19.8 Å². The van der Waals surface area contributed by atoms with Gasteiger partial charge in [0.1, 0.15) is 0 Å². The number of ether oxygens (including phenoxy) is 1. The Balaban J connectivity index is 3.00. The Morgan fingerprint density at radius 3 is 2.15 bits per heavy atom. The summed E-state index contributed by atoms with van der Waals surface area (Å²) >= 11 is 0. The lowest BCUT2D eigenvalue weighted by atomic mass is 10.1. The van der Waals surface area contributed by atoms with Crippen molar-refractivity contribution in [3.05, 3.63) is 29.8 Å².